The van der Waals surface area contributed by atoms with E-state index < -0.39 is 0 Å². The molecular formula is C15H25NO. The largest absolute Gasteiger partial charge is 0.376 e. The number of hydrogen-bond donors (Lipinski definition) is 1. The molecule has 0 saturated heterocycles. The number of ether oxygens (including phenoxy) is 1. The second-order valence-electron chi connectivity index (χ2n) is 5.11. The van der Waals surface area contributed by atoms with Crippen molar-refractivity contribution in [3.63, 3.8) is 0 Å². The van der Waals surface area contributed by atoms with E-state index in [2.05, 4.69) is 57.3 Å². The van der Waals surface area contributed by atoms with Crippen molar-refractivity contribution in [3.05, 3.63) is 35.4 Å². The maximum Gasteiger partial charge on any atom is 0.0741 e. The van der Waals surface area contributed by atoms with Crippen molar-refractivity contribution in [2.75, 3.05) is 13.7 Å². The molecule has 0 amide bonds. The highest BCUT2D eigenvalue weighted by Crippen LogP contribution is 2.19. The Morgan fingerprint density at radius 1 is 1.12 bits per heavy atom. The van der Waals surface area contributed by atoms with Gasteiger partial charge in [-0.3, -0.25) is 0 Å². The first-order chi connectivity index (χ1) is 8.04. The summed E-state index contributed by atoms with van der Waals surface area (Å²) < 4.78 is 5.88. The van der Waals surface area contributed by atoms with Crippen LogP contribution in [0.1, 0.15) is 37.9 Å². The van der Waals surface area contributed by atoms with Crippen LogP contribution >= 0.6 is 0 Å². The van der Waals surface area contributed by atoms with Gasteiger partial charge in [0.1, 0.15) is 0 Å². The Hall–Kier alpha value is -0.860. The average Bonchev–Trinajstić information content (AvgIpc) is 2.30. The molecule has 0 bridgehead atoms. The van der Waals surface area contributed by atoms with Crippen LogP contribution in [0.15, 0.2) is 24.3 Å². The third-order valence-electron chi connectivity index (χ3n) is 2.91. The van der Waals surface area contributed by atoms with E-state index >= 15 is 0 Å². The Balaban J connectivity index is 2.66. The fourth-order valence-electron chi connectivity index (χ4n) is 1.89. The molecule has 2 unspecified atom stereocenters. The van der Waals surface area contributed by atoms with E-state index in [-0.39, 0.29) is 12.1 Å². The van der Waals surface area contributed by atoms with Crippen LogP contribution in [0.2, 0.25) is 0 Å². The first-order valence-corrected chi connectivity index (χ1v) is 6.40. The second-order valence-corrected chi connectivity index (χ2v) is 5.11. The van der Waals surface area contributed by atoms with Gasteiger partial charge in [0.2, 0.25) is 0 Å². The van der Waals surface area contributed by atoms with Crippen LogP contribution < -0.4 is 5.32 Å². The molecule has 1 rings (SSSR count). The van der Waals surface area contributed by atoms with Crippen molar-refractivity contribution < 1.29 is 4.74 Å². The standard InChI is InChI=1S/C15H25NO/c1-11(2)10-17-13(4)15(16-5)14-8-6-12(3)7-9-14/h6-9,11,13,15-16H,10H2,1-5H3. The highest BCUT2D eigenvalue weighted by atomic mass is 16.5. The predicted molar refractivity (Wildman–Crippen MR) is 73.2 cm³/mol. The van der Waals surface area contributed by atoms with Crippen LogP contribution in [0, 0.1) is 12.8 Å². The summed E-state index contributed by atoms with van der Waals surface area (Å²) >= 11 is 0. The quantitative estimate of drug-likeness (QED) is 0.816. The molecule has 2 heteroatoms. The zero-order valence-corrected chi connectivity index (χ0v) is 11.7. The third-order valence-corrected chi connectivity index (χ3v) is 2.91. The van der Waals surface area contributed by atoms with Gasteiger partial charge in [0.25, 0.3) is 0 Å². The van der Waals surface area contributed by atoms with Crippen molar-refractivity contribution in [2.24, 2.45) is 5.92 Å². The minimum absolute atomic E-state index is 0.185. The summed E-state index contributed by atoms with van der Waals surface area (Å²) in [6.07, 6.45) is 0.185. The minimum Gasteiger partial charge on any atom is -0.376 e. The molecule has 2 atom stereocenters. The molecule has 0 spiro atoms. The molecule has 1 aromatic carbocycles. The van der Waals surface area contributed by atoms with Gasteiger partial charge < -0.3 is 10.1 Å². The Kier molecular flexibility index (Phi) is 5.66. The van der Waals surface area contributed by atoms with E-state index in [0.29, 0.717) is 5.92 Å². The summed E-state index contributed by atoms with van der Waals surface area (Å²) in [5, 5.41) is 3.34. The highest BCUT2D eigenvalue weighted by molar-refractivity contribution is 5.24. The minimum atomic E-state index is 0.185. The summed E-state index contributed by atoms with van der Waals surface area (Å²) in [6, 6.07) is 8.90. The number of hydrogen-bond acceptors (Lipinski definition) is 2. The Labute approximate surface area is 105 Å². The first kappa shape index (κ1) is 14.2. The van der Waals surface area contributed by atoms with Crippen LogP contribution in [0.25, 0.3) is 0 Å². The van der Waals surface area contributed by atoms with E-state index in [1.54, 1.807) is 0 Å². The summed E-state index contributed by atoms with van der Waals surface area (Å²) in [5.74, 6) is 0.577. The third kappa shape index (κ3) is 4.49. The highest BCUT2D eigenvalue weighted by Gasteiger charge is 2.18. The number of likely N-dealkylation sites (N-methyl/N-ethyl adjacent to an activating group) is 1. The Morgan fingerprint density at radius 2 is 1.71 bits per heavy atom. The van der Waals surface area contributed by atoms with Crippen LogP contribution in [-0.2, 0) is 4.74 Å². The second kappa shape index (κ2) is 6.77. The normalized spacial score (nSPS) is 14.9. The number of aryl methyl sites for hydroxylation is 1. The maximum absolute atomic E-state index is 5.88. The topological polar surface area (TPSA) is 21.3 Å². The van der Waals surface area contributed by atoms with E-state index in [9.17, 15) is 0 Å². The smallest absolute Gasteiger partial charge is 0.0741 e. The monoisotopic (exact) mass is 235 g/mol. The molecule has 0 saturated carbocycles. The van der Waals surface area contributed by atoms with E-state index in [4.69, 9.17) is 4.74 Å². The molecule has 0 radical (unpaired) electrons. The van der Waals surface area contributed by atoms with Crippen LogP contribution in [0.5, 0.6) is 0 Å². The van der Waals surface area contributed by atoms with E-state index in [1.165, 1.54) is 11.1 Å². The molecule has 0 aromatic heterocycles. The lowest BCUT2D eigenvalue weighted by atomic mass is 10.0. The maximum atomic E-state index is 5.88. The molecular weight excluding hydrogens is 210 g/mol. The van der Waals surface area contributed by atoms with Gasteiger partial charge in [0.05, 0.1) is 12.1 Å². The van der Waals surface area contributed by atoms with Gasteiger partial charge in [-0.1, -0.05) is 43.7 Å². The summed E-state index contributed by atoms with van der Waals surface area (Å²) in [5.41, 5.74) is 2.58. The lowest BCUT2D eigenvalue weighted by Gasteiger charge is -2.25. The van der Waals surface area contributed by atoms with Crippen LogP contribution in [0.3, 0.4) is 0 Å². The zero-order valence-electron chi connectivity index (χ0n) is 11.7. The van der Waals surface area contributed by atoms with Gasteiger partial charge in [-0.15, -0.1) is 0 Å². The molecule has 17 heavy (non-hydrogen) atoms. The molecule has 0 aliphatic carbocycles. The van der Waals surface area contributed by atoms with Gasteiger partial charge in [0.15, 0.2) is 0 Å². The van der Waals surface area contributed by atoms with Crippen molar-refractivity contribution in [2.45, 2.75) is 39.8 Å². The molecule has 0 aliphatic rings. The van der Waals surface area contributed by atoms with Crippen LogP contribution in [-0.4, -0.2) is 19.8 Å². The first-order valence-electron chi connectivity index (χ1n) is 6.40. The summed E-state index contributed by atoms with van der Waals surface area (Å²) in [6.45, 7) is 9.39. The molecule has 0 heterocycles. The molecule has 2 nitrogen and oxygen atoms in total. The van der Waals surface area contributed by atoms with E-state index in [1.807, 2.05) is 7.05 Å². The van der Waals surface area contributed by atoms with Crippen molar-refractivity contribution in [1.29, 1.82) is 0 Å². The van der Waals surface area contributed by atoms with Gasteiger partial charge in [-0.25, -0.2) is 0 Å². The van der Waals surface area contributed by atoms with E-state index in [0.717, 1.165) is 6.61 Å². The van der Waals surface area contributed by atoms with Crippen molar-refractivity contribution >= 4 is 0 Å². The zero-order chi connectivity index (χ0) is 12.8. The molecule has 96 valence electrons. The van der Waals surface area contributed by atoms with Crippen molar-refractivity contribution in [3.8, 4) is 0 Å². The SMILES string of the molecule is CNC(c1ccc(C)cc1)C(C)OCC(C)C. The van der Waals surface area contributed by atoms with Gasteiger partial charge in [0, 0.05) is 6.61 Å². The summed E-state index contributed by atoms with van der Waals surface area (Å²) in [7, 11) is 1.99. The number of rotatable bonds is 6. The lowest BCUT2D eigenvalue weighted by molar-refractivity contribution is 0.0245. The fourth-order valence-corrected chi connectivity index (χ4v) is 1.89. The average molecular weight is 235 g/mol. The van der Waals surface area contributed by atoms with Gasteiger partial charge in [-0.05, 0) is 32.4 Å². The molecule has 1 aromatic rings. The van der Waals surface area contributed by atoms with Gasteiger partial charge >= 0.3 is 0 Å². The number of nitrogens with one attached hydrogen (secondary N) is 1. The predicted octanol–water partition coefficient (Wildman–Crippen LogP) is 3.32. The fraction of sp³-hybridized carbons (Fsp3) is 0.600. The van der Waals surface area contributed by atoms with Crippen molar-refractivity contribution in [1.82, 2.24) is 5.32 Å². The lowest BCUT2D eigenvalue weighted by Crippen LogP contribution is -2.30. The van der Waals surface area contributed by atoms with Crippen LogP contribution in [0.4, 0.5) is 0 Å². The number of benzene rings is 1. The molecule has 0 aliphatic heterocycles. The summed E-state index contributed by atoms with van der Waals surface area (Å²) in [4.78, 5) is 0. The molecule has 1 N–H and O–H groups in total. The Bertz CT molecular complexity index is 318. The van der Waals surface area contributed by atoms with Gasteiger partial charge in [-0.2, -0.15) is 0 Å². The Morgan fingerprint density at radius 3 is 2.18 bits per heavy atom. The molecule has 0 fully saturated rings.